The number of carbonyl (C=O) groups excluding carboxylic acids is 2. The Morgan fingerprint density at radius 1 is 1.69 bits per heavy atom. The quantitative estimate of drug-likeness (QED) is 0.645. The van der Waals surface area contributed by atoms with Crippen LogP contribution in [0.2, 0.25) is 0 Å². The molecule has 1 N–H and O–H groups in total. The van der Waals surface area contributed by atoms with Crippen LogP contribution in [-0.4, -0.2) is 31.3 Å². The summed E-state index contributed by atoms with van der Waals surface area (Å²) in [4.78, 5) is 21.7. The fourth-order valence-electron chi connectivity index (χ4n) is 0.876. The second-order valence-corrected chi connectivity index (χ2v) is 3.31. The lowest BCUT2D eigenvalue weighted by molar-refractivity contribution is -0.128. The first-order chi connectivity index (χ1) is 6.09. The minimum absolute atomic E-state index is 0.0166. The van der Waals surface area contributed by atoms with Gasteiger partial charge < -0.3 is 14.8 Å². The van der Waals surface area contributed by atoms with Crippen molar-refractivity contribution in [2.75, 3.05) is 13.2 Å². The monoisotopic (exact) mass is 187 g/mol. The predicted molar refractivity (Wildman–Crippen MR) is 44.1 cm³/mol. The summed E-state index contributed by atoms with van der Waals surface area (Å²) in [6, 6.07) is 0. The van der Waals surface area contributed by atoms with E-state index in [4.69, 9.17) is 0 Å². The van der Waals surface area contributed by atoms with Crippen molar-refractivity contribution in [2.24, 2.45) is 5.92 Å². The largest absolute Gasteiger partial charge is 0.509 e. The number of hydrogen-bond donors (Lipinski definition) is 1. The van der Waals surface area contributed by atoms with Crippen molar-refractivity contribution in [1.29, 1.82) is 0 Å². The molecule has 13 heavy (non-hydrogen) atoms. The van der Waals surface area contributed by atoms with Crippen molar-refractivity contribution < 1.29 is 19.1 Å². The lowest BCUT2D eigenvalue weighted by Gasteiger charge is -2.09. The molecule has 1 aliphatic heterocycles. The summed E-state index contributed by atoms with van der Waals surface area (Å²) in [5.74, 6) is 0.0847. The summed E-state index contributed by atoms with van der Waals surface area (Å²) in [5, 5.41) is 2.65. The molecule has 1 aliphatic rings. The number of hydrogen-bond acceptors (Lipinski definition) is 4. The molecule has 0 spiro atoms. The molecule has 1 fully saturated rings. The highest BCUT2D eigenvalue weighted by molar-refractivity contribution is 5.84. The van der Waals surface area contributed by atoms with E-state index in [0.717, 1.165) is 0 Å². The highest BCUT2D eigenvalue weighted by atomic mass is 16.8. The van der Waals surface area contributed by atoms with Gasteiger partial charge in [-0.25, -0.2) is 4.79 Å². The maximum absolute atomic E-state index is 11.2. The maximum Gasteiger partial charge on any atom is 0.509 e. The lowest BCUT2D eigenvalue weighted by Crippen LogP contribution is -2.37. The van der Waals surface area contributed by atoms with Crippen molar-refractivity contribution in [1.82, 2.24) is 5.32 Å². The number of ether oxygens (including phenoxy) is 2. The Labute approximate surface area is 76.4 Å². The van der Waals surface area contributed by atoms with Crippen molar-refractivity contribution >= 4 is 12.1 Å². The fourth-order valence-corrected chi connectivity index (χ4v) is 0.876. The first kappa shape index (κ1) is 9.83. The molecule has 74 valence electrons. The molecule has 0 aromatic carbocycles. The Kier molecular flexibility index (Phi) is 3.11. The van der Waals surface area contributed by atoms with Crippen LogP contribution >= 0.6 is 0 Å². The van der Waals surface area contributed by atoms with E-state index in [0.29, 0.717) is 12.5 Å². The van der Waals surface area contributed by atoms with Gasteiger partial charge in [-0.15, -0.1) is 0 Å². The normalized spacial score (nSPS) is 21.2. The first-order valence-electron chi connectivity index (χ1n) is 4.20. The molecular weight excluding hydrogens is 174 g/mol. The molecular formula is C8H13NO4. The molecule has 5 nitrogen and oxygen atoms in total. The van der Waals surface area contributed by atoms with Crippen LogP contribution in [0.1, 0.15) is 13.8 Å². The van der Waals surface area contributed by atoms with Gasteiger partial charge in [0.05, 0.1) is 0 Å². The third-order valence-electron chi connectivity index (χ3n) is 1.57. The summed E-state index contributed by atoms with van der Waals surface area (Å²) >= 11 is 0. The third-order valence-corrected chi connectivity index (χ3v) is 1.57. The van der Waals surface area contributed by atoms with Crippen molar-refractivity contribution in [3.63, 3.8) is 0 Å². The number of nitrogens with one attached hydrogen (secondary N) is 1. The van der Waals surface area contributed by atoms with Gasteiger partial charge in [-0.1, -0.05) is 13.8 Å². The summed E-state index contributed by atoms with van der Waals surface area (Å²) in [7, 11) is 0. The Balaban J connectivity index is 2.27. The van der Waals surface area contributed by atoms with E-state index in [9.17, 15) is 9.59 Å². The molecule has 0 bridgehead atoms. The molecule has 5 heteroatoms. The van der Waals surface area contributed by atoms with E-state index in [1.807, 2.05) is 13.8 Å². The number of cyclic esters (lactones) is 2. The second kappa shape index (κ2) is 4.11. The predicted octanol–water partition coefficient (Wildman–Crippen LogP) is 0.294. The van der Waals surface area contributed by atoms with Gasteiger partial charge in [0.2, 0.25) is 6.10 Å². The van der Waals surface area contributed by atoms with E-state index in [-0.39, 0.29) is 12.5 Å². The lowest BCUT2D eigenvalue weighted by atomic mass is 10.2. The van der Waals surface area contributed by atoms with Crippen LogP contribution in [0, 0.1) is 5.92 Å². The van der Waals surface area contributed by atoms with E-state index in [1.165, 1.54) is 0 Å². The van der Waals surface area contributed by atoms with Crippen molar-refractivity contribution in [3.8, 4) is 0 Å². The SMILES string of the molecule is CC(C)CNC(=O)C1COC(=O)O1. The maximum atomic E-state index is 11.2. The Hall–Kier alpha value is -1.26. The minimum Gasteiger partial charge on any atom is -0.430 e. The highest BCUT2D eigenvalue weighted by Crippen LogP contribution is 2.05. The van der Waals surface area contributed by atoms with Gasteiger partial charge in [-0.3, -0.25) is 4.79 Å². The summed E-state index contributed by atoms with van der Waals surface area (Å²) in [6.45, 7) is 4.56. The Morgan fingerprint density at radius 3 is 2.85 bits per heavy atom. The molecule has 1 saturated heterocycles. The molecule has 1 rings (SSSR count). The standard InChI is InChI=1S/C8H13NO4/c1-5(2)3-9-7(10)6-4-12-8(11)13-6/h5-6H,3-4H2,1-2H3,(H,9,10). The van der Waals surface area contributed by atoms with Crippen LogP contribution in [0.5, 0.6) is 0 Å². The molecule has 1 unspecified atom stereocenters. The second-order valence-electron chi connectivity index (χ2n) is 3.31. The summed E-state index contributed by atoms with van der Waals surface area (Å²) in [5.41, 5.74) is 0. The average Bonchev–Trinajstić information content (AvgIpc) is 2.47. The van der Waals surface area contributed by atoms with Gasteiger partial charge in [-0.05, 0) is 5.92 Å². The van der Waals surface area contributed by atoms with Gasteiger partial charge in [0.15, 0.2) is 0 Å². The van der Waals surface area contributed by atoms with Crippen LogP contribution in [0.4, 0.5) is 4.79 Å². The van der Waals surface area contributed by atoms with E-state index in [1.54, 1.807) is 0 Å². The smallest absolute Gasteiger partial charge is 0.430 e. The van der Waals surface area contributed by atoms with Gasteiger partial charge >= 0.3 is 6.16 Å². The summed E-state index contributed by atoms with van der Waals surface area (Å²) in [6.07, 6.45) is -1.55. The van der Waals surface area contributed by atoms with Gasteiger partial charge in [0.25, 0.3) is 5.91 Å². The number of amides is 1. The van der Waals surface area contributed by atoms with E-state index in [2.05, 4.69) is 14.8 Å². The number of carbonyl (C=O) groups is 2. The zero-order valence-electron chi connectivity index (χ0n) is 7.70. The number of rotatable bonds is 3. The zero-order chi connectivity index (χ0) is 9.84. The molecule has 0 radical (unpaired) electrons. The summed E-state index contributed by atoms with van der Waals surface area (Å²) < 4.78 is 9.05. The molecule has 0 saturated carbocycles. The van der Waals surface area contributed by atoms with Crippen molar-refractivity contribution in [3.05, 3.63) is 0 Å². The molecule has 1 amide bonds. The van der Waals surface area contributed by atoms with E-state index < -0.39 is 12.3 Å². The van der Waals surface area contributed by atoms with Crippen LogP contribution in [-0.2, 0) is 14.3 Å². The molecule has 0 aromatic rings. The molecule has 0 aliphatic carbocycles. The van der Waals surface area contributed by atoms with Crippen LogP contribution in [0.15, 0.2) is 0 Å². The highest BCUT2D eigenvalue weighted by Gasteiger charge is 2.31. The fraction of sp³-hybridized carbons (Fsp3) is 0.750. The Morgan fingerprint density at radius 2 is 2.38 bits per heavy atom. The average molecular weight is 187 g/mol. The van der Waals surface area contributed by atoms with Crippen LogP contribution < -0.4 is 5.32 Å². The van der Waals surface area contributed by atoms with Gasteiger partial charge in [-0.2, -0.15) is 0 Å². The Bertz CT molecular complexity index is 214. The molecule has 1 atom stereocenters. The van der Waals surface area contributed by atoms with Crippen LogP contribution in [0.3, 0.4) is 0 Å². The molecule has 1 heterocycles. The van der Waals surface area contributed by atoms with E-state index >= 15 is 0 Å². The zero-order valence-corrected chi connectivity index (χ0v) is 7.70. The minimum atomic E-state index is -0.773. The third kappa shape index (κ3) is 2.93. The molecule has 0 aromatic heterocycles. The van der Waals surface area contributed by atoms with Crippen molar-refractivity contribution in [2.45, 2.75) is 20.0 Å². The van der Waals surface area contributed by atoms with Crippen LogP contribution in [0.25, 0.3) is 0 Å². The topological polar surface area (TPSA) is 64.6 Å². The first-order valence-corrected chi connectivity index (χ1v) is 4.20. The van der Waals surface area contributed by atoms with Gasteiger partial charge in [0.1, 0.15) is 6.61 Å². The van der Waals surface area contributed by atoms with Gasteiger partial charge in [0, 0.05) is 6.54 Å².